The predicted octanol–water partition coefficient (Wildman–Crippen LogP) is 7.93. The first-order chi connectivity index (χ1) is 18.4. The van der Waals surface area contributed by atoms with Gasteiger partial charge in [-0.05, 0) is 67.3 Å². The highest BCUT2D eigenvalue weighted by Crippen LogP contribution is 2.50. The number of nitrogens with zero attached hydrogens (tertiary/aromatic N) is 1. The van der Waals surface area contributed by atoms with Gasteiger partial charge in [0.1, 0.15) is 0 Å². The summed E-state index contributed by atoms with van der Waals surface area (Å²) in [7, 11) is 0.853. The Balaban J connectivity index is 2.36. The van der Waals surface area contributed by atoms with Gasteiger partial charge in [0.05, 0.1) is 42.0 Å². The van der Waals surface area contributed by atoms with Crippen molar-refractivity contribution in [2.45, 2.75) is 63.1 Å². The van der Waals surface area contributed by atoms with Crippen molar-refractivity contribution in [3.05, 3.63) is 64.2 Å². The molecule has 3 atom stereocenters. The van der Waals surface area contributed by atoms with Crippen molar-refractivity contribution < 1.29 is 58.6 Å². The van der Waals surface area contributed by atoms with Crippen molar-refractivity contribution in [3.63, 3.8) is 0 Å². The number of hydrogen-bond donors (Lipinski definition) is 0. The largest absolute Gasteiger partial charge is 0.469 e. The second-order valence-electron chi connectivity index (χ2n) is 9.08. The summed E-state index contributed by atoms with van der Waals surface area (Å²) in [5.41, 5.74) is -5.75. The van der Waals surface area contributed by atoms with Crippen LogP contribution < -0.4 is 4.90 Å². The number of anilines is 1. The van der Waals surface area contributed by atoms with Crippen molar-refractivity contribution in [2.75, 3.05) is 18.6 Å². The average molecular weight is 585 g/mol. The fourth-order valence-corrected chi connectivity index (χ4v) is 4.89. The lowest BCUT2D eigenvalue weighted by Crippen LogP contribution is -2.46. The van der Waals surface area contributed by atoms with Crippen LogP contribution in [0.1, 0.15) is 66.3 Å². The van der Waals surface area contributed by atoms with Gasteiger partial charge < -0.3 is 9.47 Å². The molecule has 1 aliphatic rings. The number of halogens is 9. The number of benzene rings is 2. The summed E-state index contributed by atoms with van der Waals surface area (Å²) in [4.78, 5) is 26.9. The molecule has 14 heteroatoms. The second kappa shape index (κ2) is 11.2. The highest BCUT2D eigenvalue weighted by Gasteiger charge is 2.46. The summed E-state index contributed by atoms with van der Waals surface area (Å²) < 4.78 is 132. The third-order valence-electron chi connectivity index (χ3n) is 6.67. The first kappa shape index (κ1) is 31.1. The lowest BCUT2D eigenvalue weighted by atomic mass is 9.73. The molecule has 1 heterocycles. The van der Waals surface area contributed by atoms with E-state index in [4.69, 9.17) is 9.47 Å². The predicted molar refractivity (Wildman–Crippen MR) is 124 cm³/mol. The fraction of sp³-hybridized carbons (Fsp3) is 0.462. The molecule has 3 rings (SSSR count). The third kappa shape index (κ3) is 6.30. The zero-order valence-corrected chi connectivity index (χ0v) is 21.3. The molecule has 40 heavy (non-hydrogen) atoms. The molecule has 0 saturated carbocycles. The minimum atomic E-state index is -5.24. The van der Waals surface area contributed by atoms with Crippen LogP contribution in [0.5, 0.6) is 0 Å². The molecular formula is C26H24F9NO4. The molecule has 0 fully saturated rings. The molecule has 0 bridgehead atoms. The minimum absolute atomic E-state index is 0.0829. The van der Waals surface area contributed by atoms with Crippen molar-refractivity contribution in [2.24, 2.45) is 0 Å². The van der Waals surface area contributed by atoms with Crippen molar-refractivity contribution in [3.8, 4) is 0 Å². The normalized spacial score (nSPS) is 18.6. The summed E-state index contributed by atoms with van der Waals surface area (Å²) >= 11 is 0. The van der Waals surface area contributed by atoms with E-state index in [1.807, 2.05) is 0 Å². The maximum absolute atomic E-state index is 13.7. The monoisotopic (exact) mass is 585 g/mol. The van der Waals surface area contributed by atoms with Crippen LogP contribution in [0.4, 0.5) is 50.0 Å². The zero-order valence-electron chi connectivity index (χ0n) is 21.3. The van der Waals surface area contributed by atoms with E-state index in [2.05, 4.69) is 0 Å². The quantitative estimate of drug-likeness (QED) is 0.264. The molecule has 2 aromatic carbocycles. The van der Waals surface area contributed by atoms with Crippen LogP contribution in [0.25, 0.3) is 0 Å². The maximum Gasteiger partial charge on any atom is 0.416 e. The van der Waals surface area contributed by atoms with E-state index >= 15 is 0 Å². The topological polar surface area (TPSA) is 55.8 Å². The molecule has 0 saturated heterocycles. The van der Waals surface area contributed by atoms with E-state index in [0.717, 1.165) is 18.1 Å². The van der Waals surface area contributed by atoms with E-state index in [1.54, 1.807) is 6.92 Å². The number of methoxy groups -OCH3 is 1. The molecule has 0 aromatic heterocycles. The molecule has 0 unspecified atom stereocenters. The Hall–Kier alpha value is -3.45. The highest BCUT2D eigenvalue weighted by molar-refractivity contribution is 5.91. The molecular weight excluding hydrogens is 561 g/mol. The standard InChI is InChI=1S/C26H24F9NO4/c1-4-17-12-19(18-11-14(24(27,28)29)6-7-20(18)36(17)23(38)40-5-2)21(22(37)39-3)13-8-15(25(30,31)32)10-16(9-13)26(33,34)35/h6-11,17,19,21H,4-5,12H2,1-3H3/t17-,19-,21-/m1/s1. The average Bonchev–Trinajstić information content (AvgIpc) is 2.86. The fourth-order valence-electron chi connectivity index (χ4n) is 4.89. The summed E-state index contributed by atoms with van der Waals surface area (Å²) in [6, 6.07) is 2.03. The summed E-state index contributed by atoms with van der Waals surface area (Å²) in [5.74, 6) is -4.54. The number of rotatable bonds is 5. The number of esters is 1. The number of carbonyl (C=O) groups excluding carboxylic acids is 2. The van der Waals surface area contributed by atoms with Gasteiger partial charge in [-0.2, -0.15) is 39.5 Å². The number of alkyl halides is 9. The smallest absolute Gasteiger partial charge is 0.416 e. The van der Waals surface area contributed by atoms with Crippen LogP contribution in [-0.2, 0) is 32.8 Å². The van der Waals surface area contributed by atoms with E-state index < -0.39 is 70.7 Å². The number of fused-ring (bicyclic) bond motifs is 1. The van der Waals surface area contributed by atoms with Crippen LogP contribution in [0.15, 0.2) is 36.4 Å². The van der Waals surface area contributed by atoms with E-state index in [1.165, 1.54) is 6.92 Å². The van der Waals surface area contributed by atoms with Crippen LogP contribution in [0.3, 0.4) is 0 Å². The number of hydrogen-bond acceptors (Lipinski definition) is 4. The van der Waals surface area contributed by atoms with Gasteiger partial charge in [0.25, 0.3) is 0 Å². The van der Waals surface area contributed by atoms with E-state index in [9.17, 15) is 49.1 Å². The lowest BCUT2D eigenvalue weighted by Gasteiger charge is -2.42. The summed E-state index contributed by atoms with van der Waals surface area (Å²) in [5, 5.41) is 0. The molecule has 0 aliphatic carbocycles. The number of ether oxygens (including phenoxy) is 2. The highest BCUT2D eigenvalue weighted by atomic mass is 19.4. The van der Waals surface area contributed by atoms with Crippen molar-refractivity contribution >= 4 is 17.7 Å². The zero-order chi connectivity index (χ0) is 30.2. The summed E-state index contributed by atoms with van der Waals surface area (Å²) in [6.07, 6.45) is -16.4. The maximum atomic E-state index is 13.7. The molecule has 0 spiro atoms. The molecule has 5 nitrogen and oxygen atoms in total. The Bertz CT molecular complexity index is 1220. The first-order valence-corrected chi connectivity index (χ1v) is 12.0. The van der Waals surface area contributed by atoms with Crippen LogP contribution >= 0.6 is 0 Å². The van der Waals surface area contributed by atoms with Gasteiger partial charge in [-0.25, -0.2) is 4.79 Å². The molecule has 1 amide bonds. The number of carbonyl (C=O) groups is 2. The Morgan fingerprint density at radius 2 is 1.43 bits per heavy atom. The van der Waals surface area contributed by atoms with Crippen LogP contribution in [-0.4, -0.2) is 31.8 Å². The van der Waals surface area contributed by atoms with Gasteiger partial charge >= 0.3 is 30.6 Å². The van der Waals surface area contributed by atoms with E-state index in [-0.39, 0.29) is 36.8 Å². The van der Waals surface area contributed by atoms with Gasteiger partial charge in [0.15, 0.2) is 0 Å². The Morgan fingerprint density at radius 3 is 1.88 bits per heavy atom. The Kier molecular flexibility index (Phi) is 8.70. The van der Waals surface area contributed by atoms with Gasteiger partial charge in [-0.3, -0.25) is 9.69 Å². The van der Waals surface area contributed by atoms with Crippen molar-refractivity contribution in [1.29, 1.82) is 0 Å². The van der Waals surface area contributed by atoms with Gasteiger partial charge in [0, 0.05) is 12.0 Å². The van der Waals surface area contributed by atoms with Gasteiger partial charge in [-0.15, -0.1) is 0 Å². The van der Waals surface area contributed by atoms with Crippen LogP contribution in [0, 0.1) is 0 Å². The van der Waals surface area contributed by atoms with Gasteiger partial charge in [-0.1, -0.05) is 6.92 Å². The molecule has 220 valence electrons. The van der Waals surface area contributed by atoms with Gasteiger partial charge in [0.2, 0.25) is 0 Å². The van der Waals surface area contributed by atoms with Crippen molar-refractivity contribution in [1.82, 2.24) is 0 Å². The SMILES string of the molecule is CCOC(=O)N1c2ccc(C(F)(F)F)cc2[C@H]([C@H](C(=O)OC)c2cc(C(F)(F)F)cc(C(F)(F)F)c2)C[C@H]1CC. The molecule has 0 N–H and O–H groups in total. The Labute approximate surface area is 222 Å². The van der Waals surface area contributed by atoms with Crippen LogP contribution in [0.2, 0.25) is 0 Å². The molecule has 2 aromatic rings. The Morgan fingerprint density at radius 1 is 0.875 bits per heavy atom. The summed E-state index contributed by atoms with van der Waals surface area (Å²) in [6.45, 7) is 3.03. The number of amides is 1. The molecule has 0 radical (unpaired) electrons. The van der Waals surface area contributed by atoms with E-state index in [0.29, 0.717) is 24.3 Å². The third-order valence-corrected chi connectivity index (χ3v) is 6.67. The lowest BCUT2D eigenvalue weighted by molar-refractivity contribution is -0.146. The molecule has 1 aliphatic heterocycles. The minimum Gasteiger partial charge on any atom is -0.469 e. The second-order valence-corrected chi connectivity index (χ2v) is 9.08. The first-order valence-electron chi connectivity index (χ1n) is 12.0.